The highest BCUT2D eigenvalue weighted by molar-refractivity contribution is 6.01. The van der Waals surface area contributed by atoms with E-state index in [1.807, 2.05) is 39.8 Å². The van der Waals surface area contributed by atoms with Gasteiger partial charge in [-0.15, -0.1) is 10.2 Å². The topological polar surface area (TPSA) is 83.4 Å². The van der Waals surface area contributed by atoms with Crippen molar-refractivity contribution in [3.05, 3.63) is 42.0 Å². The lowest BCUT2D eigenvalue weighted by Gasteiger charge is -2.25. The van der Waals surface area contributed by atoms with E-state index in [-0.39, 0.29) is 11.9 Å². The maximum atomic E-state index is 12.6. The van der Waals surface area contributed by atoms with Crippen LogP contribution in [0.15, 0.2) is 30.3 Å². The van der Waals surface area contributed by atoms with Crippen molar-refractivity contribution in [2.75, 3.05) is 32.5 Å². The highest BCUT2D eigenvalue weighted by Crippen LogP contribution is 2.33. The number of hydrogen-bond donors (Lipinski definition) is 1. The smallest absolute Gasteiger partial charge is 0.319 e. The van der Waals surface area contributed by atoms with Crippen molar-refractivity contribution in [3.63, 3.8) is 0 Å². The lowest BCUT2D eigenvalue weighted by molar-refractivity contribution is 0.100. The molecular formula is C18H22N6O2. The summed E-state index contributed by atoms with van der Waals surface area (Å²) < 4.78 is 1.91. The molecule has 2 atom stereocenters. The first-order valence-electron chi connectivity index (χ1n) is 8.77. The summed E-state index contributed by atoms with van der Waals surface area (Å²) in [4.78, 5) is 28.3. The number of aromatic nitrogens is 3. The number of amides is 3. The number of urea groups is 1. The molecule has 2 aliphatic heterocycles. The number of hydrogen-bond acceptors (Lipinski definition) is 4. The van der Waals surface area contributed by atoms with Crippen LogP contribution in [0.4, 0.5) is 10.5 Å². The Balaban J connectivity index is 1.50. The summed E-state index contributed by atoms with van der Waals surface area (Å²) in [5, 5.41) is 11.2. The number of benzene rings is 1. The molecule has 1 saturated heterocycles. The lowest BCUT2D eigenvalue weighted by atomic mass is 9.89. The van der Waals surface area contributed by atoms with Gasteiger partial charge in [-0.05, 0) is 24.0 Å². The van der Waals surface area contributed by atoms with Crippen LogP contribution in [0.3, 0.4) is 0 Å². The van der Waals surface area contributed by atoms with Gasteiger partial charge in [0.05, 0.1) is 0 Å². The van der Waals surface area contributed by atoms with Crippen molar-refractivity contribution in [2.45, 2.75) is 13.0 Å². The summed E-state index contributed by atoms with van der Waals surface area (Å²) in [6, 6.07) is 9.35. The van der Waals surface area contributed by atoms with Gasteiger partial charge in [-0.2, -0.15) is 0 Å². The third-order valence-corrected chi connectivity index (χ3v) is 5.15. The van der Waals surface area contributed by atoms with Crippen molar-refractivity contribution in [2.24, 2.45) is 11.8 Å². The average Bonchev–Trinajstić information content (AvgIpc) is 3.22. The first-order chi connectivity index (χ1) is 12.5. The average molecular weight is 354 g/mol. The SMILES string of the molecule is CN(C)C(=O)N1C[C@@H]2Cn3c(nnc3C(=O)Nc3ccccc3)C[C@H]2C1. The Labute approximate surface area is 151 Å². The van der Waals surface area contributed by atoms with Gasteiger partial charge < -0.3 is 19.7 Å². The molecular weight excluding hydrogens is 332 g/mol. The summed E-state index contributed by atoms with van der Waals surface area (Å²) in [5.74, 6) is 1.60. The Kier molecular flexibility index (Phi) is 4.10. The maximum Gasteiger partial charge on any atom is 0.319 e. The van der Waals surface area contributed by atoms with Gasteiger partial charge >= 0.3 is 6.03 Å². The molecule has 1 N–H and O–H groups in total. The number of fused-ring (bicyclic) bond motifs is 2. The van der Waals surface area contributed by atoms with Crippen molar-refractivity contribution in [1.29, 1.82) is 0 Å². The summed E-state index contributed by atoms with van der Waals surface area (Å²) >= 11 is 0. The Morgan fingerprint density at radius 3 is 2.54 bits per heavy atom. The molecule has 1 aromatic heterocycles. The highest BCUT2D eigenvalue weighted by atomic mass is 16.2. The molecule has 2 aromatic rings. The molecule has 136 valence electrons. The number of nitrogens with zero attached hydrogens (tertiary/aromatic N) is 5. The minimum Gasteiger partial charge on any atom is -0.331 e. The standard InChI is InChI=1S/C18H22N6O2/c1-22(2)18(26)23-9-12-8-15-20-21-16(24(15)11-13(12)10-23)17(25)19-14-6-4-3-5-7-14/h3-7,12-13H,8-11H2,1-2H3,(H,19,25)/t12-,13+/m0/s1. The number of anilines is 1. The van der Waals surface area contributed by atoms with Gasteiger partial charge in [0.25, 0.3) is 5.91 Å². The predicted molar refractivity (Wildman–Crippen MR) is 95.8 cm³/mol. The fourth-order valence-corrected chi connectivity index (χ4v) is 3.84. The zero-order chi connectivity index (χ0) is 18.3. The highest BCUT2D eigenvalue weighted by Gasteiger charge is 2.41. The lowest BCUT2D eigenvalue weighted by Crippen LogP contribution is -2.37. The predicted octanol–water partition coefficient (Wildman–Crippen LogP) is 1.32. The molecule has 4 rings (SSSR count). The molecule has 8 heteroatoms. The molecule has 0 unspecified atom stereocenters. The molecule has 0 saturated carbocycles. The van der Waals surface area contributed by atoms with E-state index >= 15 is 0 Å². The number of carbonyl (C=O) groups is 2. The van der Waals surface area contributed by atoms with Crippen LogP contribution in [0.5, 0.6) is 0 Å². The molecule has 3 amide bonds. The Hall–Kier alpha value is -2.90. The Bertz CT molecular complexity index is 831. The third-order valence-electron chi connectivity index (χ3n) is 5.15. The Morgan fingerprint density at radius 1 is 1.08 bits per heavy atom. The molecule has 0 aliphatic carbocycles. The van der Waals surface area contributed by atoms with Crippen LogP contribution in [-0.2, 0) is 13.0 Å². The van der Waals surface area contributed by atoms with E-state index < -0.39 is 0 Å². The summed E-state index contributed by atoms with van der Waals surface area (Å²) in [6.45, 7) is 2.11. The van der Waals surface area contributed by atoms with Crippen LogP contribution in [0.2, 0.25) is 0 Å². The van der Waals surface area contributed by atoms with Crippen LogP contribution in [0.25, 0.3) is 0 Å². The molecule has 1 fully saturated rings. The van der Waals surface area contributed by atoms with Crippen molar-refractivity contribution in [3.8, 4) is 0 Å². The fraction of sp³-hybridized carbons (Fsp3) is 0.444. The summed E-state index contributed by atoms with van der Waals surface area (Å²) in [7, 11) is 3.54. The minimum absolute atomic E-state index is 0.0391. The first-order valence-corrected chi connectivity index (χ1v) is 8.77. The van der Waals surface area contributed by atoms with E-state index in [9.17, 15) is 9.59 Å². The van der Waals surface area contributed by atoms with Crippen molar-refractivity contribution in [1.82, 2.24) is 24.6 Å². The van der Waals surface area contributed by atoms with E-state index in [0.29, 0.717) is 30.7 Å². The van der Waals surface area contributed by atoms with Gasteiger partial charge in [-0.25, -0.2) is 4.79 Å². The molecule has 0 bridgehead atoms. The normalized spacial score (nSPS) is 21.1. The Morgan fingerprint density at radius 2 is 1.81 bits per heavy atom. The number of nitrogens with one attached hydrogen (secondary N) is 1. The fourth-order valence-electron chi connectivity index (χ4n) is 3.84. The van der Waals surface area contributed by atoms with Crippen LogP contribution < -0.4 is 5.32 Å². The van der Waals surface area contributed by atoms with Crippen LogP contribution in [-0.4, -0.2) is 63.7 Å². The maximum absolute atomic E-state index is 12.6. The van der Waals surface area contributed by atoms with Crippen molar-refractivity contribution < 1.29 is 9.59 Å². The van der Waals surface area contributed by atoms with Gasteiger partial charge in [0.1, 0.15) is 5.82 Å². The zero-order valence-electron chi connectivity index (χ0n) is 14.9. The minimum atomic E-state index is -0.257. The van der Waals surface area contributed by atoms with E-state index in [2.05, 4.69) is 15.5 Å². The van der Waals surface area contributed by atoms with E-state index in [1.54, 1.807) is 19.0 Å². The van der Waals surface area contributed by atoms with Gasteiger partial charge in [0.15, 0.2) is 0 Å². The van der Waals surface area contributed by atoms with Crippen molar-refractivity contribution >= 4 is 17.6 Å². The molecule has 3 heterocycles. The molecule has 1 aromatic carbocycles. The first kappa shape index (κ1) is 16.6. The number of likely N-dealkylation sites (tertiary alicyclic amines) is 1. The summed E-state index contributed by atoms with van der Waals surface area (Å²) in [5.41, 5.74) is 0.729. The van der Waals surface area contributed by atoms with Crippen LogP contribution in [0.1, 0.15) is 16.4 Å². The van der Waals surface area contributed by atoms with E-state index in [1.165, 1.54) is 0 Å². The molecule has 8 nitrogen and oxygen atoms in total. The molecule has 0 radical (unpaired) electrons. The second-order valence-corrected chi connectivity index (χ2v) is 7.18. The number of carbonyl (C=O) groups excluding carboxylic acids is 2. The second-order valence-electron chi connectivity index (χ2n) is 7.18. The monoisotopic (exact) mass is 354 g/mol. The molecule has 2 aliphatic rings. The molecule has 0 spiro atoms. The molecule has 26 heavy (non-hydrogen) atoms. The quantitative estimate of drug-likeness (QED) is 0.882. The van der Waals surface area contributed by atoms with Crippen LogP contribution >= 0.6 is 0 Å². The van der Waals surface area contributed by atoms with Gasteiger partial charge in [-0.1, -0.05) is 18.2 Å². The number of rotatable bonds is 2. The van der Waals surface area contributed by atoms with Crippen LogP contribution in [0, 0.1) is 11.8 Å². The summed E-state index contributed by atoms with van der Waals surface area (Å²) in [6.07, 6.45) is 0.744. The third kappa shape index (κ3) is 2.91. The van der Waals surface area contributed by atoms with Gasteiger partial charge in [-0.3, -0.25) is 4.79 Å². The van der Waals surface area contributed by atoms with E-state index in [0.717, 1.165) is 24.5 Å². The second kappa shape index (κ2) is 6.44. The van der Waals surface area contributed by atoms with Gasteiger partial charge in [0.2, 0.25) is 5.82 Å². The van der Waals surface area contributed by atoms with E-state index in [4.69, 9.17) is 0 Å². The zero-order valence-corrected chi connectivity index (χ0v) is 14.9. The largest absolute Gasteiger partial charge is 0.331 e. The van der Waals surface area contributed by atoms with Gasteiger partial charge in [0, 0.05) is 45.8 Å². The number of para-hydroxylation sites is 1.